The second-order valence-corrected chi connectivity index (χ2v) is 3.81. The quantitative estimate of drug-likeness (QED) is 0.752. The summed E-state index contributed by atoms with van der Waals surface area (Å²) < 4.78 is 6.61. The van der Waals surface area contributed by atoms with Crippen LogP contribution < -0.4 is 5.73 Å². The van der Waals surface area contributed by atoms with Gasteiger partial charge in [-0.2, -0.15) is 5.10 Å². The highest BCUT2D eigenvalue weighted by Crippen LogP contribution is 2.30. The van der Waals surface area contributed by atoms with E-state index in [0.29, 0.717) is 18.1 Å². The molecule has 0 unspecified atom stereocenters. The molecule has 1 fully saturated rings. The lowest BCUT2D eigenvalue weighted by atomic mass is 10.3. The van der Waals surface area contributed by atoms with Crippen LogP contribution in [0.5, 0.6) is 0 Å². The zero-order valence-corrected chi connectivity index (χ0v) is 8.77. The predicted octanol–water partition coefficient (Wildman–Crippen LogP) is 1.05. The van der Waals surface area contributed by atoms with Crippen LogP contribution in [-0.2, 0) is 11.3 Å². The molecule has 1 saturated carbocycles. The second kappa shape index (κ2) is 3.92. The smallest absolute Gasteiger partial charge is 0.343 e. The van der Waals surface area contributed by atoms with Gasteiger partial charge in [0.15, 0.2) is 5.82 Å². The SMILES string of the molecule is CCOC(=O)c1cn(CC2CC2)nc1N. The van der Waals surface area contributed by atoms with E-state index in [1.54, 1.807) is 17.8 Å². The highest BCUT2D eigenvalue weighted by atomic mass is 16.5. The Hall–Kier alpha value is -1.52. The summed E-state index contributed by atoms with van der Waals surface area (Å²) in [6, 6.07) is 0. The minimum absolute atomic E-state index is 0.258. The van der Waals surface area contributed by atoms with Gasteiger partial charge in [0.05, 0.1) is 6.61 Å². The molecule has 0 saturated heterocycles. The van der Waals surface area contributed by atoms with E-state index in [0.717, 1.165) is 6.54 Å². The molecule has 5 nitrogen and oxygen atoms in total. The van der Waals surface area contributed by atoms with E-state index >= 15 is 0 Å². The van der Waals surface area contributed by atoms with Gasteiger partial charge in [0.2, 0.25) is 0 Å². The Morgan fingerprint density at radius 3 is 3.07 bits per heavy atom. The molecule has 0 bridgehead atoms. The maximum Gasteiger partial charge on any atom is 0.343 e. The van der Waals surface area contributed by atoms with Crippen LogP contribution in [-0.4, -0.2) is 22.4 Å². The van der Waals surface area contributed by atoms with Crippen molar-refractivity contribution in [2.45, 2.75) is 26.3 Å². The molecular weight excluding hydrogens is 194 g/mol. The van der Waals surface area contributed by atoms with E-state index in [1.165, 1.54) is 12.8 Å². The Morgan fingerprint density at radius 2 is 2.47 bits per heavy atom. The van der Waals surface area contributed by atoms with Crippen molar-refractivity contribution < 1.29 is 9.53 Å². The molecule has 0 aliphatic heterocycles. The van der Waals surface area contributed by atoms with Crippen LogP contribution in [0.15, 0.2) is 6.20 Å². The number of hydrogen-bond acceptors (Lipinski definition) is 4. The minimum Gasteiger partial charge on any atom is -0.462 e. The molecule has 0 aromatic carbocycles. The van der Waals surface area contributed by atoms with E-state index in [-0.39, 0.29) is 5.82 Å². The number of ether oxygens (including phenoxy) is 1. The fourth-order valence-corrected chi connectivity index (χ4v) is 1.46. The van der Waals surface area contributed by atoms with Crippen LogP contribution in [0.3, 0.4) is 0 Å². The number of carbonyl (C=O) groups is 1. The monoisotopic (exact) mass is 209 g/mol. The first kappa shape index (κ1) is 10.0. The highest BCUT2D eigenvalue weighted by molar-refractivity contribution is 5.93. The highest BCUT2D eigenvalue weighted by Gasteiger charge is 2.23. The summed E-state index contributed by atoms with van der Waals surface area (Å²) in [5, 5.41) is 4.09. The molecule has 1 aromatic rings. The van der Waals surface area contributed by atoms with Crippen LogP contribution in [0.25, 0.3) is 0 Å². The van der Waals surface area contributed by atoms with Crippen molar-refractivity contribution in [3.05, 3.63) is 11.8 Å². The molecule has 1 heterocycles. The lowest BCUT2D eigenvalue weighted by Gasteiger charge is -1.98. The third kappa shape index (κ3) is 2.29. The summed E-state index contributed by atoms with van der Waals surface area (Å²) in [4.78, 5) is 11.4. The van der Waals surface area contributed by atoms with Gasteiger partial charge >= 0.3 is 5.97 Å². The van der Waals surface area contributed by atoms with Crippen molar-refractivity contribution in [3.8, 4) is 0 Å². The van der Waals surface area contributed by atoms with Crippen molar-refractivity contribution in [1.82, 2.24) is 9.78 Å². The molecule has 0 radical (unpaired) electrons. The van der Waals surface area contributed by atoms with Crippen LogP contribution in [0.1, 0.15) is 30.1 Å². The van der Waals surface area contributed by atoms with Gasteiger partial charge in [-0.3, -0.25) is 4.68 Å². The third-order valence-electron chi connectivity index (χ3n) is 2.43. The largest absolute Gasteiger partial charge is 0.462 e. The number of rotatable bonds is 4. The number of nitrogens with zero attached hydrogens (tertiary/aromatic N) is 2. The summed E-state index contributed by atoms with van der Waals surface area (Å²) >= 11 is 0. The first-order valence-corrected chi connectivity index (χ1v) is 5.20. The standard InChI is InChI=1S/C10H15N3O2/c1-2-15-10(14)8-6-13(12-9(8)11)5-7-3-4-7/h6-7H,2-5H2,1H3,(H2,11,12). The molecule has 82 valence electrons. The first-order valence-electron chi connectivity index (χ1n) is 5.20. The molecule has 1 aliphatic carbocycles. The van der Waals surface area contributed by atoms with Crippen LogP contribution in [0.4, 0.5) is 5.82 Å². The number of nitrogens with two attached hydrogens (primary N) is 1. The van der Waals surface area contributed by atoms with Gasteiger partial charge in [0.25, 0.3) is 0 Å². The van der Waals surface area contributed by atoms with E-state index in [4.69, 9.17) is 10.5 Å². The van der Waals surface area contributed by atoms with E-state index < -0.39 is 5.97 Å². The van der Waals surface area contributed by atoms with E-state index in [1.807, 2.05) is 0 Å². The van der Waals surface area contributed by atoms with Gasteiger partial charge in [-0.1, -0.05) is 0 Å². The van der Waals surface area contributed by atoms with Crippen LogP contribution in [0, 0.1) is 5.92 Å². The molecular formula is C10H15N3O2. The Morgan fingerprint density at radius 1 is 1.73 bits per heavy atom. The Bertz CT molecular complexity index is 369. The number of aromatic nitrogens is 2. The molecule has 1 aromatic heterocycles. The first-order chi connectivity index (χ1) is 7.20. The fraction of sp³-hybridized carbons (Fsp3) is 0.600. The lowest BCUT2D eigenvalue weighted by molar-refractivity contribution is 0.0527. The van der Waals surface area contributed by atoms with Crippen LogP contribution in [0.2, 0.25) is 0 Å². The van der Waals surface area contributed by atoms with Gasteiger partial charge in [-0.15, -0.1) is 0 Å². The molecule has 0 atom stereocenters. The van der Waals surface area contributed by atoms with Gasteiger partial charge in [-0.25, -0.2) is 4.79 Å². The average molecular weight is 209 g/mol. The van der Waals surface area contributed by atoms with Crippen molar-refractivity contribution in [2.75, 3.05) is 12.3 Å². The molecule has 2 N–H and O–H groups in total. The van der Waals surface area contributed by atoms with Crippen molar-refractivity contribution in [2.24, 2.45) is 5.92 Å². The summed E-state index contributed by atoms with van der Waals surface area (Å²) in [6.45, 7) is 2.97. The number of esters is 1. The van der Waals surface area contributed by atoms with Gasteiger partial charge in [-0.05, 0) is 25.7 Å². The topological polar surface area (TPSA) is 70.1 Å². The zero-order valence-electron chi connectivity index (χ0n) is 8.77. The maximum absolute atomic E-state index is 11.4. The van der Waals surface area contributed by atoms with Crippen LogP contribution >= 0.6 is 0 Å². The minimum atomic E-state index is -0.392. The maximum atomic E-state index is 11.4. The third-order valence-corrected chi connectivity index (χ3v) is 2.43. The molecule has 5 heteroatoms. The summed E-state index contributed by atoms with van der Waals surface area (Å²) in [5.41, 5.74) is 6.01. The number of nitrogen functional groups attached to an aromatic ring is 1. The van der Waals surface area contributed by atoms with Gasteiger partial charge in [0.1, 0.15) is 5.56 Å². The number of anilines is 1. The summed E-state index contributed by atoms with van der Waals surface area (Å²) in [7, 11) is 0. The van der Waals surface area contributed by atoms with E-state index in [2.05, 4.69) is 5.10 Å². The molecule has 0 amide bonds. The Balaban J connectivity index is 2.09. The summed E-state index contributed by atoms with van der Waals surface area (Å²) in [6.07, 6.45) is 4.16. The molecule has 2 rings (SSSR count). The molecule has 0 spiro atoms. The normalized spacial score (nSPS) is 15.3. The Labute approximate surface area is 88.2 Å². The molecule has 15 heavy (non-hydrogen) atoms. The number of carbonyl (C=O) groups excluding carboxylic acids is 1. The average Bonchev–Trinajstić information content (AvgIpc) is 2.90. The number of hydrogen-bond donors (Lipinski definition) is 1. The van der Waals surface area contributed by atoms with Crippen molar-refractivity contribution in [3.63, 3.8) is 0 Å². The molecule has 1 aliphatic rings. The van der Waals surface area contributed by atoms with Crippen molar-refractivity contribution >= 4 is 11.8 Å². The predicted molar refractivity (Wildman–Crippen MR) is 55.3 cm³/mol. The summed E-state index contributed by atoms with van der Waals surface area (Å²) in [5.74, 6) is 0.575. The van der Waals surface area contributed by atoms with E-state index in [9.17, 15) is 4.79 Å². The fourth-order valence-electron chi connectivity index (χ4n) is 1.46. The Kier molecular flexibility index (Phi) is 2.62. The van der Waals surface area contributed by atoms with Crippen molar-refractivity contribution in [1.29, 1.82) is 0 Å². The zero-order chi connectivity index (χ0) is 10.8. The van der Waals surface area contributed by atoms with Gasteiger partial charge < -0.3 is 10.5 Å². The second-order valence-electron chi connectivity index (χ2n) is 3.81. The van der Waals surface area contributed by atoms with Gasteiger partial charge in [0, 0.05) is 12.7 Å². The lowest BCUT2D eigenvalue weighted by Crippen LogP contribution is -2.06.